The van der Waals surface area contributed by atoms with Crippen LogP contribution < -0.4 is 11.2 Å². The summed E-state index contributed by atoms with van der Waals surface area (Å²) in [5.74, 6) is -1.03. The van der Waals surface area contributed by atoms with Crippen molar-refractivity contribution in [1.29, 1.82) is 0 Å². The number of nitrogens with one attached hydrogen (secondary N) is 1. The van der Waals surface area contributed by atoms with Crippen LogP contribution in [0.4, 0.5) is 4.39 Å². The molecule has 110 valence electrons. The van der Waals surface area contributed by atoms with Gasteiger partial charge in [0.05, 0.1) is 28.5 Å². The molecule has 1 spiro atoms. The molecule has 6 nitrogen and oxygen atoms in total. The first-order valence-corrected chi connectivity index (χ1v) is 7.37. The monoisotopic (exact) mass is 302 g/mol. The lowest BCUT2D eigenvalue weighted by Crippen LogP contribution is -2.41. The number of aromatic amines is 1. The smallest absolute Gasteiger partial charge is 0.329 e. The molecule has 0 aromatic carbocycles. The van der Waals surface area contributed by atoms with Crippen molar-refractivity contribution in [2.24, 2.45) is 0 Å². The van der Waals surface area contributed by atoms with Crippen LogP contribution in [0.5, 0.6) is 0 Å². The summed E-state index contributed by atoms with van der Waals surface area (Å²) >= 11 is 1.29. The molecule has 4 atom stereocenters. The van der Waals surface area contributed by atoms with Crippen LogP contribution >= 0.6 is 11.8 Å². The molecule has 8 heteroatoms. The molecule has 1 saturated carbocycles. The van der Waals surface area contributed by atoms with Gasteiger partial charge in [-0.2, -0.15) is 4.39 Å². The number of aromatic nitrogens is 2. The Morgan fingerprint density at radius 1 is 1.40 bits per heavy atom. The molecule has 2 aliphatic rings. The Labute approximate surface area is 117 Å². The number of hydrogen-bond donors (Lipinski definition) is 3. The Hall–Kier alpha value is -1.12. The second-order valence-corrected chi connectivity index (χ2v) is 6.87. The standard InChI is InChI=1S/C12H15FN2O4S/c13-6-5-15(11(19)14-10(6)18)9-4-8(17)12(20-9)3-1-2-7(12)16/h5,7-9,16-17H,1-4H2,(H,14,18,19)/t7-,8-,9+,12-/m0/s1. The number of rotatable bonds is 1. The zero-order valence-electron chi connectivity index (χ0n) is 10.6. The van der Waals surface area contributed by atoms with Gasteiger partial charge in [0.2, 0.25) is 5.82 Å². The second-order valence-electron chi connectivity index (χ2n) is 5.33. The van der Waals surface area contributed by atoms with E-state index in [4.69, 9.17) is 0 Å². The molecular formula is C12H15FN2O4S. The highest BCUT2D eigenvalue weighted by molar-refractivity contribution is 8.01. The van der Waals surface area contributed by atoms with Crippen LogP contribution in [0.1, 0.15) is 31.1 Å². The van der Waals surface area contributed by atoms with E-state index in [2.05, 4.69) is 0 Å². The molecule has 1 aliphatic heterocycles. The number of thioether (sulfide) groups is 1. The second kappa shape index (κ2) is 4.71. The Bertz CT molecular complexity index is 645. The minimum absolute atomic E-state index is 0.243. The van der Waals surface area contributed by atoms with E-state index in [9.17, 15) is 24.2 Å². The van der Waals surface area contributed by atoms with E-state index in [0.29, 0.717) is 12.8 Å². The topological polar surface area (TPSA) is 95.3 Å². The van der Waals surface area contributed by atoms with Gasteiger partial charge in [0, 0.05) is 6.42 Å². The summed E-state index contributed by atoms with van der Waals surface area (Å²) in [5.41, 5.74) is -1.75. The zero-order valence-corrected chi connectivity index (χ0v) is 11.4. The van der Waals surface area contributed by atoms with Crippen LogP contribution in [0.15, 0.2) is 15.8 Å². The Morgan fingerprint density at radius 2 is 2.15 bits per heavy atom. The van der Waals surface area contributed by atoms with Gasteiger partial charge in [-0.3, -0.25) is 14.3 Å². The van der Waals surface area contributed by atoms with E-state index in [0.717, 1.165) is 17.2 Å². The minimum Gasteiger partial charge on any atom is -0.392 e. The zero-order chi connectivity index (χ0) is 14.5. The molecule has 1 aromatic rings. The highest BCUT2D eigenvalue weighted by atomic mass is 32.2. The Balaban J connectivity index is 1.96. The van der Waals surface area contributed by atoms with Gasteiger partial charge in [-0.05, 0) is 19.3 Å². The lowest BCUT2D eigenvalue weighted by Gasteiger charge is -2.30. The van der Waals surface area contributed by atoms with E-state index in [1.165, 1.54) is 11.8 Å². The van der Waals surface area contributed by atoms with Crippen molar-refractivity contribution >= 4 is 11.8 Å². The third kappa shape index (κ3) is 1.94. The molecule has 0 bridgehead atoms. The van der Waals surface area contributed by atoms with Crippen LogP contribution in [0.2, 0.25) is 0 Å². The minimum atomic E-state index is -1.05. The highest BCUT2D eigenvalue weighted by Gasteiger charge is 2.55. The van der Waals surface area contributed by atoms with E-state index < -0.39 is 39.4 Å². The van der Waals surface area contributed by atoms with Crippen molar-refractivity contribution in [1.82, 2.24) is 9.55 Å². The highest BCUT2D eigenvalue weighted by Crippen LogP contribution is 2.56. The van der Waals surface area contributed by atoms with Crippen molar-refractivity contribution in [2.75, 3.05) is 0 Å². The first-order valence-electron chi connectivity index (χ1n) is 6.49. The summed E-state index contributed by atoms with van der Waals surface area (Å²) < 4.78 is 13.7. The molecule has 3 rings (SSSR count). The van der Waals surface area contributed by atoms with E-state index in [-0.39, 0.29) is 6.42 Å². The maximum atomic E-state index is 13.3. The predicted octanol–water partition coefficient (Wildman–Crippen LogP) is -0.0443. The van der Waals surface area contributed by atoms with Crippen molar-refractivity contribution in [3.05, 3.63) is 32.9 Å². The quantitative estimate of drug-likeness (QED) is 0.676. The summed E-state index contributed by atoms with van der Waals surface area (Å²) in [7, 11) is 0. The molecule has 1 saturated heterocycles. The first kappa shape index (κ1) is 13.8. The summed E-state index contributed by atoms with van der Waals surface area (Å²) in [6.45, 7) is 0. The van der Waals surface area contributed by atoms with Gasteiger partial charge in [-0.1, -0.05) is 0 Å². The Morgan fingerprint density at radius 3 is 2.80 bits per heavy atom. The third-order valence-electron chi connectivity index (χ3n) is 4.19. The predicted molar refractivity (Wildman–Crippen MR) is 71.1 cm³/mol. The fraction of sp³-hybridized carbons (Fsp3) is 0.667. The number of hydrogen-bond acceptors (Lipinski definition) is 5. The summed E-state index contributed by atoms with van der Waals surface area (Å²) in [5, 5.41) is 19.8. The van der Waals surface area contributed by atoms with Crippen LogP contribution in [-0.4, -0.2) is 36.7 Å². The summed E-state index contributed by atoms with van der Waals surface area (Å²) in [4.78, 5) is 24.7. The van der Waals surface area contributed by atoms with Crippen LogP contribution in [0.3, 0.4) is 0 Å². The molecule has 0 amide bonds. The molecule has 0 radical (unpaired) electrons. The molecule has 1 aromatic heterocycles. The van der Waals surface area contributed by atoms with Gasteiger partial charge in [0.25, 0.3) is 5.56 Å². The fourth-order valence-corrected chi connectivity index (χ4v) is 4.97. The van der Waals surface area contributed by atoms with Crippen molar-refractivity contribution in [2.45, 2.75) is 48.0 Å². The maximum Gasteiger partial charge on any atom is 0.329 e. The number of H-pyrrole nitrogens is 1. The Kier molecular flexibility index (Phi) is 3.26. The summed E-state index contributed by atoms with van der Waals surface area (Å²) in [6, 6.07) is 0. The number of aliphatic hydroxyl groups excluding tert-OH is 2. The first-order chi connectivity index (χ1) is 9.44. The lowest BCUT2D eigenvalue weighted by atomic mass is 9.95. The van der Waals surface area contributed by atoms with E-state index >= 15 is 0 Å². The number of nitrogens with zero attached hydrogens (tertiary/aromatic N) is 1. The van der Waals surface area contributed by atoms with Gasteiger partial charge < -0.3 is 10.2 Å². The maximum absolute atomic E-state index is 13.3. The van der Waals surface area contributed by atoms with Crippen molar-refractivity contribution < 1.29 is 14.6 Å². The van der Waals surface area contributed by atoms with Gasteiger partial charge in [-0.15, -0.1) is 11.8 Å². The molecule has 2 fully saturated rings. The molecule has 2 heterocycles. The van der Waals surface area contributed by atoms with Gasteiger partial charge in [0.1, 0.15) is 0 Å². The van der Waals surface area contributed by atoms with Gasteiger partial charge >= 0.3 is 5.69 Å². The van der Waals surface area contributed by atoms with Gasteiger partial charge in [0.15, 0.2) is 0 Å². The molecule has 1 aliphatic carbocycles. The molecule has 20 heavy (non-hydrogen) atoms. The number of aliphatic hydroxyl groups is 2. The average molecular weight is 302 g/mol. The van der Waals surface area contributed by atoms with E-state index in [1.54, 1.807) is 0 Å². The van der Waals surface area contributed by atoms with Crippen molar-refractivity contribution in [3.8, 4) is 0 Å². The van der Waals surface area contributed by atoms with Crippen LogP contribution in [-0.2, 0) is 0 Å². The molecule has 3 N–H and O–H groups in total. The number of halogens is 1. The molecular weight excluding hydrogens is 287 g/mol. The fourth-order valence-electron chi connectivity index (χ4n) is 3.12. The van der Waals surface area contributed by atoms with Crippen LogP contribution in [0, 0.1) is 5.82 Å². The van der Waals surface area contributed by atoms with Gasteiger partial charge in [-0.25, -0.2) is 4.79 Å². The normalized spacial score (nSPS) is 36.9. The SMILES string of the molecule is O=c1[nH]c(=O)n([C@H]2C[C@H](O)[C@@]3(CCC[C@@H]3O)S2)cc1F. The average Bonchev–Trinajstić information content (AvgIpc) is 2.91. The largest absolute Gasteiger partial charge is 0.392 e. The molecule has 0 unspecified atom stereocenters. The lowest BCUT2D eigenvalue weighted by molar-refractivity contribution is 0.0558. The van der Waals surface area contributed by atoms with Crippen LogP contribution in [0.25, 0.3) is 0 Å². The van der Waals surface area contributed by atoms with E-state index in [1.807, 2.05) is 4.98 Å². The third-order valence-corrected chi connectivity index (χ3v) is 6.07. The van der Waals surface area contributed by atoms with Crippen molar-refractivity contribution in [3.63, 3.8) is 0 Å². The summed E-state index contributed by atoms with van der Waals surface area (Å²) in [6.07, 6.45) is 1.82.